The molecule has 1 atom stereocenters. The third-order valence-electron chi connectivity index (χ3n) is 14.9. The Balaban J connectivity index is 0.986. The van der Waals surface area contributed by atoms with E-state index in [4.69, 9.17) is 9.98 Å². The maximum absolute atomic E-state index is 5.58. The van der Waals surface area contributed by atoms with E-state index in [-0.39, 0.29) is 0 Å². The Bertz CT molecular complexity index is 4250. The first-order valence-corrected chi connectivity index (χ1v) is 25.6. The maximum Gasteiger partial charge on any atom is 0.159 e. The third-order valence-corrected chi connectivity index (χ3v) is 14.9. The van der Waals surface area contributed by atoms with Crippen LogP contribution in [0.25, 0.3) is 99.5 Å². The van der Waals surface area contributed by atoms with Gasteiger partial charge in [0.25, 0.3) is 0 Å². The minimum Gasteiger partial charge on any atom is -0.344 e. The summed E-state index contributed by atoms with van der Waals surface area (Å²) < 4.78 is 4.97. The zero-order valence-electron chi connectivity index (χ0n) is 40.6. The summed E-state index contributed by atoms with van der Waals surface area (Å²) in [5.41, 5.74) is 19.3. The van der Waals surface area contributed by atoms with E-state index in [1.54, 1.807) is 0 Å². The fraction of sp³-hybridized carbons (Fsp3) is 0.0435. The molecule has 0 radical (unpaired) electrons. The number of rotatable bonds is 9. The van der Waals surface area contributed by atoms with Crippen LogP contribution in [-0.4, -0.2) is 20.8 Å². The number of para-hydroxylation sites is 2. The summed E-state index contributed by atoms with van der Waals surface area (Å²) in [6.07, 6.45) is 8.27. The SMILES string of the molecule is C1=CCCC(n2c3ccccc3c3c(-c4cccc5c4c4ccccc4n5-c4cc(-c5ccccc5)ccc4C4N=C(c5ccc(-c6ccccc6)cc5)N=C(c5cccc(-c6ccccc6)c5)N4)cccc32)=C1. The number of aliphatic imine (C=N–C) groups is 2. The van der Waals surface area contributed by atoms with Gasteiger partial charge in [-0.15, -0.1) is 0 Å². The van der Waals surface area contributed by atoms with Gasteiger partial charge in [-0.1, -0.05) is 218 Å². The number of nitrogens with one attached hydrogen (secondary N) is 1. The van der Waals surface area contributed by atoms with Crippen molar-refractivity contribution in [3.63, 3.8) is 0 Å². The van der Waals surface area contributed by atoms with E-state index >= 15 is 0 Å². The molecule has 1 unspecified atom stereocenters. The number of hydrogen-bond acceptors (Lipinski definition) is 3. The quantitative estimate of drug-likeness (QED) is 0.154. The van der Waals surface area contributed by atoms with Crippen LogP contribution in [0.5, 0.6) is 0 Å². The minimum absolute atomic E-state index is 0.505. The summed E-state index contributed by atoms with van der Waals surface area (Å²) >= 11 is 0. The summed E-state index contributed by atoms with van der Waals surface area (Å²) in [6.45, 7) is 0. The van der Waals surface area contributed by atoms with Crippen LogP contribution < -0.4 is 5.32 Å². The highest BCUT2D eigenvalue weighted by Crippen LogP contribution is 2.45. The van der Waals surface area contributed by atoms with Gasteiger partial charge in [0.05, 0.1) is 27.8 Å². The predicted molar refractivity (Wildman–Crippen MR) is 310 cm³/mol. The summed E-state index contributed by atoms with van der Waals surface area (Å²) in [5.74, 6) is 1.43. The average molecular weight is 948 g/mol. The number of benzene rings is 10. The molecule has 2 aromatic heterocycles. The molecule has 74 heavy (non-hydrogen) atoms. The standard InChI is InChI=1S/C69H49N5/c1-5-20-46(21-6-1)49-38-40-50(41-39-49)67-70-68(53-27-17-26-51(44-53)47-22-7-2-8-23-47)72-69(71-67)59-43-42-52(48-24-9-3-10-25-48)45-64(59)74-61-35-16-14-31-58(61)66-56(33-19-37-63(66)74)55-32-18-36-62-65(55)57-30-13-15-34-60(57)73(62)54-28-11-4-12-29-54/h1-11,13-28,30-45,69H,12,29H2,(H,70,71,72). The van der Waals surface area contributed by atoms with Crippen LogP contribution >= 0.6 is 0 Å². The van der Waals surface area contributed by atoms with Crippen molar-refractivity contribution >= 4 is 61.0 Å². The summed E-state index contributed by atoms with van der Waals surface area (Å²) in [7, 11) is 0. The summed E-state index contributed by atoms with van der Waals surface area (Å²) in [5, 5.41) is 8.82. The fourth-order valence-corrected chi connectivity index (χ4v) is 11.4. The molecular weight excluding hydrogens is 899 g/mol. The van der Waals surface area contributed by atoms with E-state index in [9.17, 15) is 0 Å². The number of nitrogens with zero attached hydrogens (tertiary/aromatic N) is 4. The van der Waals surface area contributed by atoms with Crippen LogP contribution in [0, 0.1) is 0 Å². The molecule has 14 rings (SSSR count). The van der Waals surface area contributed by atoms with Crippen LogP contribution in [0.15, 0.2) is 271 Å². The molecule has 12 aromatic rings. The van der Waals surface area contributed by atoms with Crippen LogP contribution in [0.3, 0.4) is 0 Å². The molecule has 0 bridgehead atoms. The fourth-order valence-electron chi connectivity index (χ4n) is 11.4. The molecule has 1 aliphatic heterocycles. The topological polar surface area (TPSA) is 46.6 Å². The van der Waals surface area contributed by atoms with Crippen LogP contribution in [-0.2, 0) is 0 Å². The van der Waals surface area contributed by atoms with Crippen molar-refractivity contribution in [1.29, 1.82) is 0 Å². The molecule has 2 aliphatic rings. The first kappa shape index (κ1) is 43.2. The Hall–Kier alpha value is -9.58. The molecule has 1 aliphatic carbocycles. The summed E-state index contributed by atoms with van der Waals surface area (Å²) in [4.78, 5) is 10.9. The molecule has 0 fully saturated rings. The monoisotopic (exact) mass is 947 g/mol. The lowest BCUT2D eigenvalue weighted by Gasteiger charge is -2.26. The third kappa shape index (κ3) is 7.48. The average Bonchev–Trinajstić information content (AvgIpc) is 4.01. The van der Waals surface area contributed by atoms with Crippen LogP contribution in [0.4, 0.5) is 0 Å². The van der Waals surface area contributed by atoms with Crippen molar-refractivity contribution in [3.8, 4) is 50.2 Å². The van der Waals surface area contributed by atoms with Gasteiger partial charge in [0.1, 0.15) is 12.0 Å². The first-order valence-electron chi connectivity index (χ1n) is 25.6. The molecule has 0 amide bonds. The van der Waals surface area contributed by atoms with Crippen molar-refractivity contribution < 1.29 is 0 Å². The molecule has 350 valence electrons. The van der Waals surface area contributed by atoms with Crippen LogP contribution in [0.2, 0.25) is 0 Å². The van der Waals surface area contributed by atoms with E-state index in [0.717, 1.165) is 79.9 Å². The molecule has 5 heteroatoms. The van der Waals surface area contributed by atoms with Gasteiger partial charge >= 0.3 is 0 Å². The number of fused-ring (bicyclic) bond motifs is 6. The van der Waals surface area contributed by atoms with Gasteiger partial charge in [0.2, 0.25) is 0 Å². The number of allylic oxidation sites excluding steroid dienone is 4. The minimum atomic E-state index is -0.505. The van der Waals surface area contributed by atoms with E-state index in [1.165, 1.54) is 55.0 Å². The second-order valence-electron chi connectivity index (χ2n) is 19.2. The predicted octanol–water partition coefficient (Wildman–Crippen LogP) is 17.2. The smallest absolute Gasteiger partial charge is 0.159 e. The molecule has 1 N–H and O–H groups in total. The Morgan fingerprint density at radius 1 is 0.405 bits per heavy atom. The van der Waals surface area contributed by atoms with Crippen molar-refractivity contribution in [2.75, 3.05) is 0 Å². The normalized spacial score (nSPS) is 14.5. The maximum atomic E-state index is 5.58. The number of amidine groups is 2. The van der Waals surface area contributed by atoms with Crippen molar-refractivity contribution in [2.24, 2.45) is 9.98 Å². The van der Waals surface area contributed by atoms with E-state index in [0.29, 0.717) is 5.84 Å². The lowest BCUT2D eigenvalue weighted by molar-refractivity contribution is 0.671. The largest absolute Gasteiger partial charge is 0.344 e. The first-order chi connectivity index (χ1) is 36.7. The van der Waals surface area contributed by atoms with Gasteiger partial charge in [-0.25, -0.2) is 9.98 Å². The van der Waals surface area contributed by atoms with E-state index in [1.807, 2.05) is 0 Å². The second-order valence-corrected chi connectivity index (χ2v) is 19.2. The summed E-state index contributed by atoms with van der Waals surface area (Å²) in [6, 6.07) is 87.4. The highest BCUT2D eigenvalue weighted by atomic mass is 15.2. The zero-order valence-corrected chi connectivity index (χ0v) is 40.6. The van der Waals surface area contributed by atoms with Gasteiger partial charge in [-0.2, -0.15) is 0 Å². The zero-order chi connectivity index (χ0) is 49.0. The lowest BCUT2D eigenvalue weighted by Crippen LogP contribution is -2.34. The van der Waals surface area contributed by atoms with Gasteiger partial charge in [0.15, 0.2) is 5.84 Å². The number of aromatic nitrogens is 2. The Morgan fingerprint density at radius 3 is 1.53 bits per heavy atom. The highest BCUT2D eigenvalue weighted by molar-refractivity contribution is 6.22. The Labute approximate surface area is 430 Å². The molecular formula is C69H49N5. The molecule has 3 heterocycles. The van der Waals surface area contributed by atoms with E-state index < -0.39 is 6.17 Å². The highest BCUT2D eigenvalue weighted by Gasteiger charge is 2.27. The lowest BCUT2D eigenvalue weighted by atomic mass is 9.95. The molecule has 0 saturated heterocycles. The molecule has 5 nitrogen and oxygen atoms in total. The Kier molecular flexibility index (Phi) is 10.7. The Morgan fingerprint density at radius 2 is 0.892 bits per heavy atom. The van der Waals surface area contributed by atoms with E-state index in [2.05, 4.69) is 275 Å². The van der Waals surface area contributed by atoms with Gasteiger partial charge in [-0.3, -0.25) is 0 Å². The van der Waals surface area contributed by atoms with Crippen molar-refractivity contribution in [3.05, 3.63) is 278 Å². The molecule has 10 aromatic carbocycles. The van der Waals surface area contributed by atoms with Gasteiger partial charge in [0, 0.05) is 43.9 Å². The van der Waals surface area contributed by atoms with Crippen molar-refractivity contribution in [2.45, 2.75) is 19.0 Å². The number of hydrogen-bond donors (Lipinski definition) is 1. The van der Waals surface area contributed by atoms with Gasteiger partial charge < -0.3 is 14.5 Å². The molecule has 0 spiro atoms. The van der Waals surface area contributed by atoms with Gasteiger partial charge in [-0.05, 0) is 99.8 Å². The van der Waals surface area contributed by atoms with Crippen molar-refractivity contribution in [1.82, 2.24) is 14.5 Å². The van der Waals surface area contributed by atoms with Crippen LogP contribution in [0.1, 0.15) is 35.7 Å². The molecule has 0 saturated carbocycles. The second kappa shape index (κ2) is 18.2.